The van der Waals surface area contributed by atoms with Crippen molar-refractivity contribution in [3.8, 4) is 11.1 Å². The average Bonchev–Trinajstić information content (AvgIpc) is 2.54. The molecule has 1 unspecified atom stereocenters. The second-order valence-corrected chi connectivity index (χ2v) is 6.65. The molecule has 0 aliphatic rings. The van der Waals surface area contributed by atoms with Gasteiger partial charge in [-0.3, -0.25) is 4.79 Å². The van der Waals surface area contributed by atoms with E-state index in [1.807, 2.05) is 38.1 Å². The molecule has 1 amide bonds. The number of ether oxygens (including phenoxy) is 1. The van der Waals surface area contributed by atoms with Crippen molar-refractivity contribution in [2.75, 3.05) is 24.3 Å². The Morgan fingerprint density at radius 2 is 1.75 bits per heavy atom. The van der Waals surface area contributed by atoms with Gasteiger partial charge in [-0.15, -0.1) is 0 Å². The maximum atomic E-state index is 11.8. The van der Waals surface area contributed by atoms with Crippen molar-refractivity contribution in [3.05, 3.63) is 53.1 Å². The molecule has 0 aliphatic carbocycles. The highest BCUT2D eigenvalue weighted by atomic mass is 79.9. The second kappa shape index (κ2) is 8.31. The number of carbonyl (C=O) groups excluding carboxylic acids is 1. The van der Waals surface area contributed by atoms with Gasteiger partial charge < -0.3 is 16.2 Å². The Morgan fingerprint density at radius 1 is 1.12 bits per heavy atom. The summed E-state index contributed by atoms with van der Waals surface area (Å²) in [6, 6.07) is 12.0. The number of benzene rings is 2. The Hall–Kier alpha value is -1.85. The molecule has 2 aromatic carbocycles. The molecule has 4 N–H and O–H groups in total. The molecule has 0 aromatic heterocycles. The first-order valence-electron chi connectivity index (χ1n) is 7.84. The van der Waals surface area contributed by atoms with Crippen LogP contribution in [0.25, 0.3) is 11.1 Å². The summed E-state index contributed by atoms with van der Waals surface area (Å²) in [4.78, 5) is 11.8. The number of anilines is 1. The molecule has 24 heavy (non-hydrogen) atoms. The minimum atomic E-state index is -0.439. The van der Waals surface area contributed by atoms with Crippen LogP contribution < -0.4 is 11.5 Å². The first kappa shape index (κ1) is 18.5. The number of primary amides is 1. The van der Waals surface area contributed by atoms with Crippen molar-refractivity contribution in [2.24, 2.45) is 5.73 Å². The predicted octanol–water partition coefficient (Wildman–Crippen LogP) is 3.53. The topological polar surface area (TPSA) is 78.3 Å². The SMILES string of the molecule is Cc1cc(-c2ccc(C(COCCBr)C(N)=O)c(C)c2)ccc1N. The minimum Gasteiger partial charge on any atom is -0.399 e. The maximum absolute atomic E-state index is 11.8. The molecule has 0 saturated heterocycles. The molecule has 0 aliphatic heterocycles. The molecule has 0 bridgehead atoms. The number of nitrogens with two attached hydrogens (primary N) is 2. The van der Waals surface area contributed by atoms with Crippen LogP contribution in [-0.4, -0.2) is 24.5 Å². The fourth-order valence-electron chi connectivity index (χ4n) is 2.68. The molecule has 0 fully saturated rings. The van der Waals surface area contributed by atoms with Gasteiger partial charge in [0.2, 0.25) is 5.91 Å². The highest BCUT2D eigenvalue weighted by Gasteiger charge is 2.20. The summed E-state index contributed by atoms with van der Waals surface area (Å²) in [6.45, 7) is 4.82. The normalized spacial score (nSPS) is 12.1. The largest absolute Gasteiger partial charge is 0.399 e. The van der Waals surface area contributed by atoms with Gasteiger partial charge in [0.05, 0.1) is 19.1 Å². The summed E-state index contributed by atoms with van der Waals surface area (Å²) >= 11 is 3.30. The van der Waals surface area contributed by atoms with Crippen molar-refractivity contribution in [3.63, 3.8) is 0 Å². The van der Waals surface area contributed by atoms with Gasteiger partial charge in [-0.2, -0.15) is 0 Å². The van der Waals surface area contributed by atoms with E-state index in [4.69, 9.17) is 16.2 Å². The fourth-order valence-corrected chi connectivity index (χ4v) is 2.91. The van der Waals surface area contributed by atoms with Crippen LogP contribution >= 0.6 is 15.9 Å². The van der Waals surface area contributed by atoms with Crippen LogP contribution in [0.2, 0.25) is 0 Å². The Bertz CT molecular complexity index is 731. The summed E-state index contributed by atoms with van der Waals surface area (Å²) in [7, 11) is 0. The lowest BCUT2D eigenvalue weighted by molar-refractivity contribution is -0.120. The minimum absolute atomic E-state index is 0.294. The first-order valence-corrected chi connectivity index (χ1v) is 8.96. The highest BCUT2D eigenvalue weighted by molar-refractivity contribution is 9.09. The van der Waals surface area contributed by atoms with E-state index >= 15 is 0 Å². The molecule has 0 radical (unpaired) electrons. The summed E-state index contributed by atoms with van der Waals surface area (Å²) in [5.74, 6) is -0.810. The van der Waals surface area contributed by atoms with E-state index in [0.717, 1.165) is 38.8 Å². The van der Waals surface area contributed by atoms with E-state index in [0.29, 0.717) is 13.2 Å². The van der Waals surface area contributed by atoms with Crippen LogP contribution in [0.5, 0.6) is 0 Å². The summed E-state index contributed by atoms with van der Waals surface area (Å²) in [5, 5.41) is 0.729. The maximum Gasteiger partial charge on any atom is 0.227 e. The zero-order valence-corrected chi connectivity index (χ0v) is 15.6. The van der Waals surface area contributed by atoms with Crippen molar-refractivity contribution >= 4 is 27.5 Å². The first-order chi connectivity index (χ1) is 11.4. The fraction of sp³-hybridized carbons (Fsp3) is 0.316. The standard InChI is InChI=1S/C19H23BrN2O2/c1-12-9-14(15-4-6-18(21)13(2)10-15)3-5-16(12)17(19(22)23)11-24-8-7-20/h3-6,9-10,17H,7-8,11,21H2,1-2H3,(H2,22,23). The average molecular weight is 391 g/mol. The lowest BCUT2D eigenvalue weighted by atomic mass is 9.91. The van der Waals surface area contributed by atoms with Gasteiger partial charge in [0.25, 0.3) is 0 Å². The zero-order valence-electron chi connectivity index (χ0n) is 14.0. The third-order valence-electron chi connectivity index (χ3n) is 4.10. The quantitative estimate of drug-likeness (QED) is 0.431. The molecule has 2 aromatic rings. The smallest absolute Gasteiger partial charge is 0.227 e. The van der Waals surface area contributed by atoms with E-state index in [1.165, 1.54) is 0 Å². The number of alkyl halides is 1. The Morgan fingerprint density at radius 3 is 2.29 bits per heavy atom. The molecule has 128 valence electrons. The molecule has 4 nitrogen and oxygen atoms in total. The van der Waals surface area contributed by atoms with Crippen LogP contribution in [0.3, 0.4) is 0 Å². The predicted molar refractivity (Wildman–Crippen MR) is 102 cm³/mol. The molecule has 0 spiro atoms. The monoisotopic (exact) mass is 390 g/mol. The van der Waals surface area contributed by atoms with Gasteiger partial charge in [-0.05, 0) is 53.8 Å². The van der Waals surface area contributed by atoms with E-state index in [1.54, 1.807) is 0 Å². The van der Waals surface area contributed by atoms with Crippen molar-refractivity contribution in [2.45, 2.75) is 19.8 Å². The third kappa shape index (κ3) is 4.36. The summed E-state index contributed by atoms with van der Waals surface area (Å²) in [5.41, 5.74) is 17.4. The number of hydrogen-bond donors (Lipinski definition) is 2. The van der Waals surface area contributed by atoms with Gasteiger partial charge in [-0.25, -0.2) is 0 Å². The number of amides is 1. The Balaban J connectivity index is 2.30. The number of nitrogen functional groups attached to an aromatic ring is 1. The molecule has 0 saturated carbocycles. The van der Waals surface area contributed by atoms with Gasteiger partial charge in [0.15, 0.2) is 0 Å². The van der Waals surface area contributed by atoms with E-state index in [2.05, 4.69) is 28.1 Å². The van der Waals surface area contributed by atoms with Gasteiger partial charge in [0.1, 0.15) is 0 Å². The van der Waals surface area contributed by atoms with Crippen molar-refractivity contribution in [1.29, 1.82) is 0 Å². The van der Waals surface area contributed by atoms with Crippen LogP contribution in [-0.2, 0) is 9.53 Å². The number of carbonyl (C=O) groups is 1. The number of hydrogen-bond acceptors (Lipinski definition) is 3. The lowest BCUT2D eigenvalue weighted by Gasteiger charge is -2.17. The Labute approximate surface area is 151 Å². The zero-order chi connectivity index (χ0) is 17.7. The van der Waals surface area contributed by atoms with E-state index in [-0.39, 0.29) is 5.91 Å². The van der Waals surface area contributed by atoms with Crippen LogP contribution in [0.1, 0.15) is 22.6 Å². The molecular weight excluding hydrogens is 368 g/mol. The number of rotatable bonds is 7. The molecule has 5 heteroatoms. The van der Waals surface area contributed by atoms with Crippen LogP contribution in [0.4, 0.5) is 5.69 Å². The Kier molecular flexibility index (Phi) is 6.40. The molecule has 2 rings (SSSR count). The van der Waals surface area contributed by atoms with Gasteiger partial charge in [-0.1, -0.05) is 40.2 Å². The molecule has 1 atom stereocenters. The van der Waals surface area contributed by atoms with Crippen molar-refractivity contribution in [1.82, 2.24) is 0 Å². The highest BCUT2D eigenvalue weighted by Crippen LogP contribution is 2.28. The lowest BCUT2D eigenvalue weighted by Crippen LogP contribution is -2.26. The van der Waals surface area contributed by atoms with E-state index in [9.17, 15) is 4.79 Å². The second-order valence-electron chi connectivity index (χ2n) is 5.86. The van der Waals surface area contributed by atoms with Crippen LogP contribution in [0, 0.1) is 13.8 Å². The number of halogens is 1. The van der Waals surface area contributed by atoms with Crippen molar-refractivity contribution < 1.29 is 9.53 Å². The van der Waals surface area contributed by atoms with Gasteiger partial charge >= 0.3 is 0 Å². The van der Waals surface area contributed by atoms with Gasteiger partial charge in [0, 0.05) is 11.0 Å². The third-order valence-corrected chi connectivity index (χ3v) is 4.42. The molecule has 0 heterocycles. The van der Waals surface area contributed by atoms with Crippen LogP contribution in [0.15, 0.2) is 36.4 Å². The van der Waals surface area contributed by atoms with E-state index < -0.39 is 5.92 Å². The molecular formula is C19H23BrN2O2. The summed E-state index contributed by atoms with van der Waals surface area (Å²) < 4.78 is 5.50. The number of aryl methyl sites for hydroxylation is 2. The summed E-state index contributed by atoms with van der Waals surface area (Å²) in [6.07, 6.45) is 0.